The maximum Gasteiger partial charge on any atom is 0.0363 e. The van der Waals surface area contributed by atoms with Crippen molar-refractivity contribution in [3.05, 3.63) is 65.7 Å². The van der Waals surface area contributed by atoms with Gasteiger partial charge in [-0.1, -0.05) is 42.5 Å². The highest BCUT2D eigenvalue weighted by atomic mass is 15.1. The third-order valence-electron chi connectivity index (χ3n) is 4.00. The average molecular weight is 282 g/mol. The molecule has 2 rings (SSSR count). The van der Waals surface area contributed by atoms with Gasteiger partial charge in [-0.25, -0.2) is 0 Å². The van der Waals surface area contributed by atoms with Crippen LogP contribution in [0.15, 0.2) is 54.6 Å². The van der Waals surface area contributed by atoms with Gasteiger partial charge in [0.1, 0.15) is 0 Å². The van der Waals surface area contributed by atoms with E-state index in [1.54, 1.807) is 0 Å². The number of anilines is 1. The van der Waals surface area contributed by atoms with Crippen LogP contribution < -0.4 is 10.6 Å². The van der Waals surface area contributed by atoms with Crippen molar-refractivity contribution < 1.29 is 0 Å². The minimum Gasteiger partial charge on any atom is -0.378 e. The van der Waals surface area contributed by atoms with Crippen LogP contribution in [-0.2, 0) is 6.42 Å². The standard InChI is InChI=1S/C19H26N2/c1-21(2)19-13-7-11-17(14-19)18(15-20)12-6-10-16-8-4-3-5-9-16/h3-5,7-9,11,13-14,18H,6,10,12,15,20H2,1-2H3. The van der Waals surface area contributed by atoms with Crippen molar-refractivity contribution >= 4 is 5.69 Å². The largest absolute Gasteiger partial charge is 0.378 e. The summed E-state index contributed by atoms with van der Waals surface area (Å²) in [5.74, 6) is 0.452. The lowest BCUT2D eigenvalue weighted by Gasteiger charge is -2.19. The predicted octanol–water partition coefficient (Wildman–Crippen LogP) is 3.82. The van der Waals surface area contributed by atoms with Gasteiger partial charge in [0.25, 0.3) is 0 Å². The summed E-state index contributed by atoms with van der Waals surface area (Å²) in [6.07, 6.45) is 3.45. The molecule has 1 unspecified atom stereocenters. The fraction of sp³-hybridized carbons (Fsp3) is 0.368. The van der Waals surface area contributed by atoms with Crippen molar-refractivity contribution in [2.45, 2.75) is 25.2 Å². The maximum atomic E-state index is 6.00. The van der Waals surface area contributed by atoms with E-state index in [-0.39, 0.29) is 0 Å². The van der Waals surface area contributed by atoms with Crippen LogP contribution in [0, 0.1) is 0 Å². The molecule has 0 bridgehead atoms. The third-order valence-corrected chi connectivity index (χ3v) is 4.00. The van der Waals surface area contributed by atoms with Gasteiger partial charge in [0, 0.05) is 19.8 Å². The summed E-state index contributed by atoms with van der Waals surface area (Å²) in [5, 5.41) is 0. The molecule has 0 aliphatic rings. The van der Waals surface area contributed by atoms with Crippen molar-refractivity contribution in [1.29, 1.82) is 0 Å². The van der Waals surface area contributed by atoms with Gasteiger partial charge in [0.2, 0.25) is 0 Å². The van der Waals surface area contributed by atoms with E-state index in [0.717, 1.165) is 12.8 Å². The smallest absolute Gasteiger partial charge is 0.0363 e. The fourth-order valence-electron chi connectivity index (χ4n) is 2.67. The Morgan fingerprint density at radius 1 is 1.00 bits per heavy atom. The number of hydrogen-bond acceptors (Lipinski definition) is 2. The molecule has 0 aromatic heterocycles. The number of hydrogen-bond donors (Lipinski definition) is 1. The molecule has 0 radical (unpaired) electrons. The van der Waals surface area contributed by atoms with E-state index in [1.165, 1.54) is 23.2 Å². The number of nitrogens with zero attached hydrogens (tertiary/aromatic N) is 1. The zero-order valence-electron chi connectivity index (χ0n) is 13.1. The van der Waals surface area contributed by atoms with E-state index in [2.05, 4.69) is 73.6 Å². The first-order valence-electron chi connectivity index (χ1n) is 7.72. The summed E-state index contributed by atoms with van der Waals surface area (Å²) in [5.41, 5.74) is 10.0. The molecule has 21 heavy (non-hydrogen) atoms. The maximum absolute atomic E-state index is 6.00. The molecule has 0 amide bonds. The Hall–Kier alpha value is -1.80. The predicted molar refractivity (Wildman–Crippen MR) is 91.9 cm³/mol. The van der Waals surface area contributed by atoms with Crippen LogP contribution in [0.1, 0.15) is 29.9 Å². The Kier molecular flexibility index (Phi) is 5.82. The van der Waals surface area contributed by atoms with E-state index >= 15 is 0 Å². The quantitative estimate of drug-likeness (QED) is 0.836. The lowest BCUT2D eigenvalue weighted by atomic mass is 9.92. The Balaban J connectivity index is 1.95. The van der Waals surface area contributed by atoms with Crippen molar-refractivity contribution in [3.8, 4) is 0 Å². The lowest BCUT2D eigenvalue weighted by Crippen LogP contribution is -2.14. The number of aryl methyl sites for hydroxylation is 1. The second-order valence-corrected chi connectivity index (χ2v) is 5.80. The molecule has 112 valence electrons. The van der Waals surface area contributed by atoms with E-state index in [4.69, 9.17) is 5.73 Å². The molecule has 1 atom stereocenters. The summed E-state index contributed by atoms with van der Waals surface area (Å²) in [4.78, 5) is 2.14. The molecule has 0 saturated heterocycles. The van der Waals surface area contributed by atoms with Gasteiger partial charge in [-0.15, -0.1) is 0 Å². The van der Waals surface area contributed by atoms with Gasteiger partial charge in [-0.3, -0.25) is 0 Å². The zero-order valence-corrected chi connectivity index (χ0v) is 13.1. The van der Waals surface area contributed by atoms with E-state index in [0.29, 0.717) is 12.5 Å². The molecule has 2 nitrogen and oxygen atoms in total. The van der Waals surface area contributed by atoms with E-state index < -0.39 is 0 Å². The molecule has 0 heterocycles. The molecule has 0 saturated carbocycles. The summed E-state index contributed by atoms with van der Waals surface area (Å²) >= 11 is 0. The molecular weight excluding hydrogens is 256 g/mol. The molecule has 0 fully saturated rings. The Morgan fingerprint density at radius 3 is 2.43 bits per heavy atom. The minimum atomic E-state index is 0.452. The van der Waals surface area contributed by atoms with Gasteiger partial charge in [-0.05, 0) is 55.0 Å². The number of benzene rings is 2. The van der Waals surface area contributed by atoms with Gasteiger partial charge in [-0.2, -0.15) is 0 Å². The second-order valence-electron chi connectivity index (χ2n) is 5.80. The summed E-state index contributed by atoms with van der Waals surface area (Å²) < 4.78 is 0. The first-order valence-corrected chi connectivity index (χ1v) is 7.72. The van der Waals surface area contributed by atoms with Crippen molar-refractivity contribution in [3.63, 3.8) is 0 Å². The zero-order chi connectivity index (χ0) is 15.1. The minimum absolute atomic E-state index is 0.452. The summed E-state index contributed by atoms with van der Waals surface area (Å²) in [6.45, 7) is 0.714. The highest BCUT2D eigenvalue weighted by Gasteiger charge is 2.10. The Labute approximate surface area is 128 Å². The van der Waals surface area contributed by atoms with Crippen LogP contribution in [0.25, 0.3) is 0 Å². The highest BCUT2D eigenvalue weighted by Crippen LogP contribution is 2.24. The molecular formula is C19H26N2. The monoisotopic (exact) mass is 282 g/mol. The third kappa shape index (κ3) is 4.61. The molecule has 0 aliphatic carbocycles. The highest BCUT2D eigenvalue weighted by molar-refractivity contribution is 5.48. The van der Waals surface area contributed by atoms with E-state index in [9.17, 15) is 0 Å². The Morgan fingerprint density at radius 2 is 1.76 bits per heavy atom. The average Bonchev–Trinajstić information content (AvgIpc) is 2.52. The first-order chi connectivity index (χ1) is 10.2. The SMILES string of the molecule is CN(C)c1cccc(C(CN)CCCc2ccccc2)c1. The molecule has 0 aliphatic heterocycles. The first kappa shape index (κ1) is 15.6. The lowest BCUT2D eigenvalue weighted by molar-refractivity contribution is 0.599. The van der Waals surface area contributed by atoms with Crippen LogP contribution in [-0.4, -0.2) is 20.6 Å². The van der Waals surface area contributed by atoms with Crippen LogP contribution in [0.3, 0.4) is 0 Å². The Bertz CT molecular complexity index is 534. The molecule has 2 heteroatoms. The molecule has 2 aromatic carbocycles. The van der Waals surface area contributed by atoms with Gasteiger partial charge >= 0.3 is 0 Å². The van der Waals surface area contributed by atoms with Crippen molar-refractivity contribution in [1.82, 2.24) is 0 Å². The molecule has 2 N–H and O–H groups in total. The summed E-state index contributed by atoms with van der Waals surface area (Å²) in [7, 11) is 4.15. The molecule has 2 aromatic rings. The topological polar surface area (TPSA) is 29.3 Å². The van der Waals surface area contributed by atoms with Gasteiger partial charge < -0.3 is 10.6 Å². The number of nitrogens with two attached hydrogens (primary N) is 1. The normalized spacial score (nSPS) is 12.1. The van der Waals surface area contributed by atoms with Gasteiger partial charge in [0.15, 0.2) is 0 Å². The fourth-order valence-corrected chi connectivity index (χ4v) is 2.67. The van der Waals surface area contributed by atoms with Gasteiger partial charge in [0.05, 0.1) is 0 Å². The van der Waals surface area contributed by atoms with Crippen LogP contribution in [0.2, 0.25) is 0 Å². The van der Waals surface area contributed by atoms with Crippen LogP contribution >= 0.6 is 0 Å². The van der Waals surface area contributed by atoms with Crippen molar-refractivity contribution in [2.24, 2.45) is 5.73 Å². The van der Waals surface area contributed by atoms with E-state index in [1.807, 2.05) is 0 Å². The van der Waals surface area contributed by atoms with Crippen LogP contribution in [0.5, 0.6) is 0 Å². The van der Waals surface area contributed by atoms with Crippen molar-refractivity contribution in [2.75, 3.05) is 25.5 Å². The van der Waals surface area contributed by atoms with Crippen LogP contribution in [0.4, 0.5) is 5.69 Å². The summed E-state index contributed by atoms with van der Waals surface area (Å²) in [6, 6.07) is 19.4. The number of rotatable bonds is 7. The molecule has 0 spiro atoms. The second kappa shape index (κ2) is 7.84.